The second kappa shape index (κ2) is 30.7. The Bertz CT molecular complexity index is 365. The molecule has 0 atom stereocenters. The fraction of sp³-hybridized carbons (Fsp3) is 0.935. The average Bonchev–Trinajstić information content (AvgIpc) is 2.85. The van der Waals surface area contributed by atoms with Gasteiger partial charge in [0.1, 0.15) is 0 Å². The summed E-state index contributed by atoms with van der Waals surface area (Å²) in [5.74, 6) is 0. The SMILES string of the molecule is CCCCCCCCOC(CCCCCCCCCC/C=C\CCO)OCCCCCCCC. The van der Waals surface area contributed by atoms with E-state index in [4.69, 9.17) is 14.6 Å². The van der Waals surface area contributed by atoms with Crippen LogP contribution in [0, 0.1) is 0 Å². The molecule has 0 spiro atoms. The molecule has 0 saturated carbocycles. The highest BCUT2D eigenvalue weighted by Gasteiger charge is 2.09. The minimum absolute atomic E-state index is 0.0187. The zero-order valence-electron chi connectivity index (χ0n) is 23.4. The van der Waals surface area contributed by atoms with E-state index in [1.54, 1.807) is 0 Å². The summed E-state index contributed by atoms with van der Waals surface area (Å²) in [6.07, 6.45) is 33.7. The number of aliphatic hydroxyl groups excluding tert-OH is 1. The Labute approximate surface area is 214 Å². The van der Waals surface area contributed by atoms with Crippen molar-refractivity contribution in [1.82, 2.24) is 0 Å². The van der Waals surface area contributed by atoms with Crippen molar-refractivity contribution in [2.75, 3.05) is 19.8 Å². The first-order valence-electron chi connectivity index (χ1n) is 15.3. The van der Waals surface area contributed by atoms with Gasteiger partial charge >= 0.3 is 0 Å². The molecule has 0 aliphatic rings. The Hall–Kier alpha value is -0.380. The highest BCUT2D eigenvalue weighted by molar-refractivity contribution is 4.80. The molecule has 1 N–H and O–H groups in total. The lowest BCUT2D eigenvalue weighted by Crippen LogP contribution is -2.19. The van der Waals surface area contributed by atoms with Crippen LogP contribution < -0.4 is 0 Å². The molecule has 0 saturated heterocycles. The Morgan fingerprint density at radius 1 is 0.500 bits per heavy atom. The van der Waals surface area contributed by atoms with Crippen LogP contribution >= 0.6 is 0 Å². The van der Waals surface area contributed by atoms with Gasteiger partial charge in [-0.25, -0.2) is 0 Å². The van der Waals surface area contributed by atoms with Gasteiger partial charge in [-0.05, 0) is 44.9 Å². The van der Waals surface area contributed by atoms with Gasteiger partial charge in [0.15, 0.2) is 6.29 Å². The fourth-order valence-corrected chi connectivity index (χ4v) is 4.35. The molecule has 34 heavy (non-hydrogen) atoms. The zero-order valence-corrected chi connectivity index (χ0v) is 23.4. The van der Waals surface area contributed by atoms with Gasteiger partial charge in [0.05, 0.1) is 0 Å². The largest absolute Gasteiger partial charge is 0.396 e. The maximum atomic E-state index is 8.76. The van der Waals surface area contributed by atoms with Crippen molar-refractivity contribution >= 4 is 0 Å². The number of allylic oxidation sites excluding steroid dienone is 1. The smallest absolute Gasteiger partial charge is 0.157 e. The summed E-state index contributed by atoms with van der Waals surface area (Å²) in [6.45, 7) is 6.55. The predicted octanol–water partition coefficient (Wildman–Crippen LogP) is 9.91. The third kappa shape index (κ3) is 27.9. The number of hydrogen-bond acceptors (Lipinski definition) is 3. The van der Waals surface area contributed by atoms with E-state index in [1.165, 1.54) is 135 Å². The van der Waals surface area contributed by atoms with Gasteiger partial charge < -0.3 is 14.6 Å². The number of hydrogen-bond donors (Lipinski definition) is 1. The number of unbranched alkanes of at least 4 members (excludes halogenated alkanes) is 18. The van der Waals surface area contributed by atoms with E-state index in [1.807, 2.05) is 0 Å². The third-order valence-corrected chi connectivity index (χ3v) is 6.63. The predicted molar refractivity (Wildman–Crippen MR) is 149 cm³/mol. The molecule has 3 heteroatoms. The zero-order chi connectivity index (χ0) is 24.8. The van der Waals surface area contributed by atoms with E-state index >= 15 is 0 Å². The summed E-state index contributed by atoms with van der Waals surface area (Å²) in [4.78, 5) is 0. The summed E-state index contributed by atoms with van der Waals surface area (Å²) >= 11 is 0. The van der Waals surface area contributed by atoms with Gasteiger partial charge in [-0.3, -0.25) is 0 Å². The quantitative estimate of drug-likeness (QED) is 0.0654. The lowest BCUT2D eigenvalue weighted by atomic mass is 10.1. The molecule has 0 radical (unpaired) electrons. The van der Waals surface area contributed by atoms with Gasteiger partial charge in [-0.2, -0.15) is 0 Å². The molecular weight excluding hydrogens is 420 g/mol. The molecule has 0 rings (SSSR count). The van der Waals surface area contributed by atoms with Crippen LogP contribution in [0.1, 0.15) is 162 Å². The molecule has 0 bridgehead atoms. The molecule has 0 aromatic carbocycles. The molecule has 0 aromatic rings. The summed E-state index contributed by atoms with van der Waals surface area (Å²) < 4.78 is 12.3. The second-order valence-corrected chi connectivity index (χ2v) is 10.1. The molecule has 0 unspecified atom stereocenters. The Morgan fingerprint density at radius 3 is 1.41 bits per heavy atom. The van der Waals surface area contributed by atoms with Gasteiger partial charge in [0.2, 0.25) is 0 Å². The van der Waals surface area contributed by atoms with Crippen LogP contribution in [0.15, 0.2) is 12.2 Å². The van der Waals surface area contributed by atoms with Crippen molar-refractivity contribution < 1.29 is 14.6 Å². The van der Waals surface area contributed by atoms with Crippen molar-refractivity contribution in [2.24, 2.45) is 0 Å². The Kier molecular flexibility index (Phi) is 30.3. The highest BCUT2D eigenvalue weighted by atomic mass is 16.7. The number of aliphatic hydroxyl groups is 1. The van der Waals surface area contributed by atoms with Crippen molar-refractivity contribution in [3.05, 3.63) is 12.2 Å². The van der Waals surface area contributed by atoms with Crippen LogP contribution in [0.3, 0.4) is 0 Å². The highest BCUT2D eigenvalue weighted by Crippen LogP contribution is 2.15. The minimum atomic E-state index is 0.0187. The third-order valence-electron chi connectivity index (χ3n) is 6.63. The molecule has 204 valence electrons. The summed E-state index contributed by atoms with van der Waals surface area (Å²) in [7, 11) is 0. The molecule has 0 amide bonds. The lowest BCUT2D eigenvalue weighted by Gasteiger charge is -2.19. The van der Waals surface area contributed by atoms with E-state index < -0.39 is 0 Å². The van der Waals surface area contributed by atoms with E-state index in [0.29, 0.717) is 0 Å². The van der Waals surface area contributed by atoms with Crippen molar-refractivity contribution in [3.8, 4) is 0 Å². The average molecular weight is 483 g/mol. The van der Waals surface area contributed by atoms with Crippen LogP contribution in [-0.2, 0) is 9.47 Å². The van der Waals surface area contributed by atoms with Crippen molar-refractivity contribution in [2.45, 2.75) is 168 Å². The molecule has 0 aromatic heterocycles. The van der Waals surface area contributed by atoms with E-state index in [9.17, 15) is 0 Å². The molecular formula is C31H62O3. The molecule has 0 heterocycles. The van der Waals surface area contributed by atoms with Crippen LogP contribution in [0.25, 0.3) is 0 Å². The second-order valence-electron chi connectivity index (χ2n) is 10.1. The maximum Gasteiger partial charge on any atom is 0.157 e. The van der Waals surface area contributed by atoms with Gasteiger partial charge in [-0.15, -0.1) is 0 Å². The lowest BCUT2D eigenvalue weighted by molar-refractivity contribution is -0.148. The van der Waals surface area contributed by atoms with E-state index in [0.717, 1.165) is 26.1 Å². The van der Waals surface area contributed by atoms with Crippen LogP contribution in [0.2, 0.25) is 0 Å². The van der Waals surface area contributed by atoms with E-state index in [2.05, 4.69) is 26.0 Å². The van der Waals surface area contributed by atoms with Crippen molar-refractivity contribution in [1.29, 1.82) is 0 Å². The Morgan fingerprint density at radius 2 is 0.912 bits per heavy atom. The normalized spacial score (nSPS) is 11.9. The first kappa shape index (κ1) is 33.6. The van der Waals surface area contributed by atoms with Crippen LogP contribution in [0.5, 0.6) is 0 Å². The molecule has 0 aliphatic heterocycles. The fourth-order valence-electron chi connectivity index (χ4n) is 4.35. The van der Waals surface area contributed by atoms with Crippen molar-refractivity contribution in [3.63, 3.8) is 0 Å². The van der Waals surface area contributed by atoms with Gasteiger partial charge in [0, 0.05) is 19.8 Å². The summed E-state index contributed by atoms with van der Waals surface area (Å²) in [5, 5.41) is 8.76. The maximum absolute atomic E-state index is 8.76. The first-order valence-corrected chi connectivity index (χ1v) is 15.3. The van der Waals surface area contributed by atoms with E-state index in [-0.39, 0.29) is 12.9 Å². The first-order chi connectivity index (χ1) is 16.8. The molecule has 0 aliphatic carbocycles. The molecule has 0 fully saturated rings. The summed E-state index contributed by atoms with van der Waals surface area (Å²) in [6, 6.07) is 0. The van der Waals surface area contributed by atoms with Crippen LogP contribution in [-0.4, -0.2) is 31.2 Å². The minimum Gasteiger partial charge on any atom is -0.396 e. The number of rotatable bonds is 29. The Balaban J connectivity index is 3.78. The number of ether oxygens (including phenoxy) is 2. The standard InChI is InChI=1S/C31H62O3/c1-3-5-7-9-21-25-29-33-31(34-30-26-22-10-8-6-4-2)27-23-19-17-15-13-11-12-14-16-18-20-24-28-32/h18,20,31-32H,3-17,19,21-30H2,1-2H3/b20-18-. The van der Waals surface area contributed by atoms with Gasteiger partial charge in [-0.1, -0.05) is 129 Å². The topological polar surface area (TPSA) is 38.7 Å². The van der Waals surface area contributed by atoms with Gasteiger partial charge in [0.25, 0.3) is 0 Å². The monoisotopic (exact) mass is 482 g/mol. The van der Waals surface area contributed by atoms with Crippen LogP contribution in [0.4, 0.5) is 0 Å². The summed E-state index contributed by atoms with van der Waals surface area (Å²) in [5.41, 5.74) is 0. The molecule has 3 nitrogen and oxygen atoms in total.